The predicted molar refractivity (Wildman–Crippen MR) is 111 cm³/mol. The molecule has 0 saturated heterocycles. The van der Waals surface area contributed by atoms with Gasteiger partial charge in [0.2, 0.25) is 0 Å². The Labute approximate surface area is 161 Å². The molecule has 146 valence electrons. The van der Waals surface area contributed by atoms with E-state index in [0.29, 0.717) is 19.3 Å². The van der Waals surface area contributed by atoms with E-state index in [1.165, 1.54) is 0 Å². The van der Waals surface area contributed by atoms with E-state index in [1.807, 2.05) is 12.2 Å². The summed E-state index contributed by atoms with van der Waals surface area (Å²) in [4.78, 5) is 13.0. The molecule has 0 aliphatic heterocycles. The molecule has 1 aliphatic rings. The fourth-order valence-electron chi connectivity index (χ4n) is 3.02. The number of aliphatic hydroxyl groups excluding tert-OH is 1. The molecule has 1 rings (SSSR count). The Balaban J connectivity index is 3.24. The average Bonchev–Trinajstić information content (AvgIpc) is 2.54. The van der Waals surface area contributed by atoms with Crippen LogP contribution in [0.5, 0.6) is 0 Å². The van der Waals surface area contributed by atoms with Crippen LogP contribution in [0.25, 0.3) is 0 Å². The zero-order chi connectivity index (χ0) is 19.8. The molecule has 1 saturated carbocycles. The molecule has 0 unspecified atom stereocenters. The van der Waals surface area contributed by atoms with Gasteiger partial charge in [-0.3, -0.25) is 4.79 Å². The van der Waals surface area contributed by atoms with Crippen LogP contribution >= 0.6 is 0 Å². The number of carbonyl (C=O) groups excluding carboxylic acids is 1. The molecular formula is C22H36O3Si. The molecule has 3 nitrogen and oxygen atoms in total. The Bertz CT molecular complexity index is 574. The number of carbonyl (C=O) groups is 1. The maximum atomic E-state index is 13.0. The van der Waals surface area contributed by atoms with Gasteiger partial charge in [-0.05, 0) is 56.3 Å². The normalized spacial score (nSPS) is 24.4. The van der Waals surface area contributed by atoms with Gasteiger partial charge >= 0.3 is 0 Å². The van der Waals surface area contributed by atoms with Crippen LogP contribution in [0.4, 0.5) is 0 Å². The van der Waals surface area contributed by atoms with Gasteiger partial charge in [0, 0.05) is 13.0 Å². The number of allylic oxidation sites excluding steroid dienone is 2. The highest BCUT2D eigenvalue weighted by molar-refractivity contribution is 6.74. The van der Waals surface area contributed by atoms with Crippen LogP contribution < -0.4 is 0 Å². The van der Waals surface area contributed by atoms with Gasteiger partial charge in [-0.15, -0.1) is 6.58 Å². The quantitative estimate of drug-likeness (QED) is 0.385. The zero-order valence-electron chi connectivity index (χ0n) is 17.2. The van der Waals surface area contributed by atoms with Crippen LogP contribution in [0, 0.1) is 17.3 Å². The SMILES string of the molecule is C=CCC[C@@]1(C#C/C=C/CCO)C(=O)CCC[C@@H]1O[Si](C)(C)C(C)(C)C. The summed E-state index contributed by atoms with van der Waals surface area (Å²) >= 11 is 0. The lowest BCUT2D eigenvalue weighted by Crippen LogP contribution is -2.53. The van der Waals surface area contributed by atoms with Crippen LogP contribution in [-0.4, -0.2) is 31.9 Å². The molecule has 1 N–H and O–H groups in total. The summed E-state index contributed by atoms with van der Waals surface area (Å²) in [6.07, 6.45) is 9.60. The number of hydrogen-bond acceptors (Lipinski definition) is 3. The van der Waals surface area contributed by atoms with E-state index in [0.717, 1.165) is 19.3 Å². The van der Waals surface area contributed by atoms with Gasteiger partial charge in [-0.25, -0.2) is 0 Å². The van der Waals surface area contributed by atoms with E-state index < -0.39 is 13.7 Å². The Hall–Kier alpha value is -1.15. The molecule has 0 spiro atoms. The van der Waals surface area contributed by atoms with E-state index in [1.54, 1.807) is 6.08 Å². The largest absolute Gasteiger partial charge is 0.412 e. The Kier molecular flexibility index (Phi) is 8.53. The first kappa shape index (κ1) is 22.9. The summed E-state index contributed by atoms with van der Waals surface area (Å²) in [5.41, 5.74) is -0.745. The summed E-state index contributed by atoms with van der Waals surface area (Å²) < 4.78 is 6.72. The third-order valence-electron chi connectivity index (χ3n) is 5.70. The van der Waals surface area contributed by atoms with Crippen molar-refractivity contribution in [2.24, 2.45) is 5.41 Å². The second-order valence-electron chi connectivity index (χ2n) is 8.66. The molecule has 0 radical (unpaired) electrons. The molecule has 0 aromatic carbocycles. The first-order valence-corrected chi connectivity index (χ1v) is 12.6. The highest BCUT2D eigenvalue weighted by Crippen LogP contribution is 2.45. The average molecular weight is 377 g/mol. The molecule has 26 heavy (non-hydrogen) atoms. The molecule has 0 aromatic rings. The second-order valence-corrected chi connectivity index (χ2v) is 13.4. The molecule has 0 heterocycles. The zero-order valence-corrected chi connectivity index (χ0v) is 18.2. The van der Waals surface area contributed by atoms with Gasteiger partial charge in [0.25, 0.3) is 0 Å². The summed E-state index contributed by atoms with van der Waals surface area (Å²) in [7, 11) is -2.01. The Morgan fingerprint density at radius 2 is 2.08 bits per heavy atom. The van der Waals surface area contributed by atoms with Crippen molar-refractivity contribution in [2.45, 2.75) is 83.5 Å². The van der Waals surface area contributed by atoms with E-state index in [2.05, 4.69) is 52.3 Å². The van der Waals surface area contributed by atoms with Gasteiger partial charge in [-0.1, -0.05) is 44.8 Å². The molecule has 0 aromatic heterocycles. The van der Waals surface area contributed by atoms with Crippen LogP contribution in [0.1, 0.15) is 59.3 Å². The van der Waals surface area contributed by atoms with Crippen molar-refractivity contribution >= 4 is 14.1 Å². The lowest BCUT2D eigenvalue weighted by Gasteiger charge is -2.46. The standard InChI is InChI=1S/C22H36O3Si/c1-7-8-16-22(17-11-9-10-12-18-23)19(24)14-13-15-20(22)25-26(5,6)21(2,3)4/h7,9-10,20,23H,1,8,12-16,18H2,2-6H3/b10-9+/t20-,22+/m0/s1. The summed E-state index contributed by atoms with van der Waals surface area (Å²) in [5, 5.41) is 8.98. The van der Waals surface area contributed by atoms with Crippen molar-refractivity contribution in [1.82, 2.24) is 0 Å². The van der Waals surface area contributed by atoms with E-state index in [9.17, 15) is 4.79 Å². The lowest BCUT2D eigenvalue weighted by molar-refractivity contribution is -0.134. The topological polar surface area (TPSA) is 46.5 Å². The van der Waals surface area contributed by atoms with Crippen molar-refractivity contribution in [3.8, 4) is 11.8 Å². The predicted octanol–water partition coefficient (Wildman–Crippen LogP) is 5.02. The maximum Gasteiger partial charge on any atom is 0.192 e. The summed E-state index contributed by atoms with van der Waals surface area (Å²) in [5.74, 6) is 6.55. The summed E-state index contributed by atoms with van der Waals surface area (Å²) in [6, 6.07) is 0. The fraction of sp³-hybridized carbons (Fsp3) is 0.682. The lowest BCUT2D eigenvalue weighted by atomic mass is 9.68. The minimum Gasteiger partial charge on any atom is -0.412 e. The number of hydrogen-bond donors (Lipinski definition) is 1. The van der Waals surface area contributed by atoms with Crippen LogP contribution in [0.2, 0.25) is 18.1 Å². The van der Waals surface area contributed by atoms with E-state index >= 15 is 0 Å². The molecule has 1 aliphatic carbocycles. The number of ketones is 1. The van der Waals surface area contributed by atoms with Gasteiger partial charge < -0.3 is 9.53 Å². The minimum absolute atomic E-state index is 0.0894. The monoisotopic (exact) mass is 376 g/mol. The van der Waals surface area contributed by atoms with E-state index in [4.69, 9.17) is 9.53 Å². The third-order valence-corrected chi connectivity index (χ3v) is 10.2. The summed E-state index contributed by atoms with van der Waals surface area (Å²) in [6.45, 7) is 15.1. The number of aliphatic hydroxyl groups is 1. The first-order chi connectivity index (χ1) is 12.1. The van der Waals surface area contributed by atoms with Crippen LogP contribution in [0.15, 0.2) is 24.8 Å². The van der Waals surface area contributed by atoms with Crippen LogP contribution in [-0.2, 0) is 9.22 Å². The van der Waals surface area contributed by atoms with Crippen molar-refractivity contribution in [2.75, 3.05) is 6.61 Å². The highest BCUT2D eigenvalue weighted by atomic mass is 28.4. The molecule has 1 fully saturated rings. The van der Waals surface area contributed by atoms with Gasteiger partial charge in [-0.2, -0.15) is 0 Å². The first-order valence-electron chi connectivity index (χ1n) is 9.71. The smallest absolute Gasteiger partial charge is 0.192 e. The van der Waals surface area contributed by atoms with Crippen molar-refractivity contribution in [1.29, 1.82) is 0 Å². The van der Waals surface area contributed by atoms with Crippen molar-refractivity contribution < 1.29 is 14.3 Å². The number of Topliss-reactive ketones (excluding diaryl/α,β-unsaturated/α-hetero) is 1. The van der Waals surface area contributed by atoms with Gasteiger partial charge in [0.05, 0.1) is 6.10 Å². The second kappa shape index (κ2) is 9.69. The van der Waals surface area contributed by atoms with Gasteiger partial charge in [0.1, 0.15) is 5.41 Å². The van der Waals surface area contributed by atoms with Gasteiger partial charge in [0.15, 0.2) is 14.1 Å². The molecule has 0 bridgehead atoms. The molecular weight excluding hydrogens is 340 g/mol. The van der Waals surface area contributed by atoms with Crippen molar-refractivity contribution in [3.63, 3.8) is 0 Å². The van der Waals surface area contributed by atoms with Crippen molar-refractivity contribution in [3.05, 3.63) is 24.8 Å². The van der Waals surface area contributed by atoms with E-state index in [-0.39, 0.29) is 23.5 Å². The Morgan fingerprint density at radius 3 is 2.65 bits per heavy atom. The number of rotatable bonds is 7. The molecule has 4 heteroatoms. The molecule has 2 atom stereocenters. The Morgan fingerprint density at radius 1 is 1.38 bits per heavy atom. The fourth-order valence-corrected chi connectivity index (χ4v) is 4.40. The maximum absolute atomic E-state index is 13.0. The third kappa shape index (κ3) is 5.67. The minimum atomic E-state index is -2.01. The highest BCUT2D eigenvalue weighted by Gasteiger charge is 2.50. The molecule has 0 amide bonds. The van der Waals surface area contributed by atoms with Crippen LogP contribution in [0.3, 0.4) is 0 Å².